The second-order valence-electron chi connectivity index (χ2n) is 6.37. The van der Waals surface area contributed by atoms with Crippen molar-refractivity contribution in [3.63, 3.8) is 0 Å². The summed E-state index contributed by atoms with van der Waals surface area (Å²) in [6, 6.07) is 18.6. The van der Waals surface area contributed by atoms with Gasteiger partial charge in [0.25, 0.3) is 0 Å². The fourth-order valence-electron chi connectivity index (χ4n) is 2.86. The number of nitriles is 1. The average molecular weight is 406 g/mol. The van der Waals surface area contributed by atoms with Crippen molar-refractivity contribution in [3.05, 3.63) is 87.9 Å². The normalized spacial score (nSPS) is 12.0. The minimum Gasteiger partial charge on any atom is -0.455 e. The van der Waals surface area contributed by atoms with Gasteiger partial charge < -0.3 is 9.84 Å². The number of hydrogen-bond acceptors (Lipinski definition) is 7. The number of carbonyl (C=O) groups is 2. The number of thiazole rings is 1. The molecular weight excluding hydrogens is 388 g/mol. The van der Waals surface area contributed by atoms with Gasteiger partial charge in [0.05, 0.1) is 6.07 Å². The highest BCUT2D eigenvalue weighted by Gasteiger charge is 2.42. The molecule has 0 fully saturated rings. The zero-order valence-corrected chi connectivity index (χ0v) is 16.4. The third-order valence-electron chi connectivity index (χ3n) is 4.36. The van der Waals surface area contributed by atoms with Gasteiger partial charge >= 0.3 is 5.97 Å². The Balaban J connectivity index is 1.83. The minimum atomic E-state index is -2.08. The summed E-state index contributed by atoms with van der Waals surface area (Å²) in [5.41, 5.74) is -0.743. The molecule has 6 nitrogen and oxygen atoms in total. The van der Waals surface area contributed by atoms with E-state index in [2.05, 4.69) is 4.98 Å². The summed E-state index contributed by atoms with van der Waals surface area (Å²) in [5.74, 6) is -2.71. The molecular formula is C22H18N2O4S. The minimum absolute atomic E-state index is 0.316. The van der Waals surface area contributed by atoms with Gasteiger partial charge in [-0.05, 0) is 18.1 Å². The number of hydrogen-bond donors (Lipinski definition) is 1. The van der Waals surface area contributed by atoms with Gasteiger partial charge in [0.2, 0.25) is 5.60 Å². The van der Waals surface area contributed by atoms with Crippen LogP contribution in [-0.2, 0) is 19.9 Å². The second-order valence-corrected chi connectivity index (χ2v) is 7.26. The zero-order chi connectivity index (χ0) is 20.9. The molecule has 0 saturated heterocycles. The molecule has 1 aromatic heterocycles. The molecule has 0 bridgehead atoms. The van der Waals surface area contributed by atoms with Gasteiger partial charge in [-0.1, -0.05) is 60.7 Å². The van der Waals surface area contributed by atoms with E-state index in [4.69, 9.17) is 4.74 Å². The Morgan fingerprint density at radius 3 is 2.14 bits per heavy atom. The summed E-state index contributed by atoms with van der Waals surface area (Å²) in [5, 5.41) is 22.7. The highest BCUT2D eigenvalue weighted by Crippen LogP contribution is 2.31. The molecule has 0 aliphatic heterocycles. The molecule has 0 aliphatic carbocycles. The number of ether oxygens (including phenoxy) is 1. The molecule has 0 unspecified atom stereocenters. The average Bonchev–Trinajstić information content (AvgIpc) is 3.19. The van der Waals surface area contributed by atoms with Crippen molar-refractivity contribution < 1.29 is 19.4 Å². The molecule has 7 heteroatoms. The molecule has 0 aliphatic rings. The highest BCUT2D eigenvalue weighted by atomic mass is 32.1. The van der Waals surface area contributed by atoms with Crippen LogP contribution in [0.2, 0.25) is 0 Å². The number of Topliss-reactive ketones (excluding diaryl/α,β-unsaturated/α-hetero) is 1. The van der Waals surface area contributed by atoms with E-state index in [1.807, 2.05) is 6.07 Å². The van der Waals surface area contributed by atoms with Gasteiger partial charge in [-0.3, -0.25) is 4.79 Å². The van der Waals surface area contributed by atoms with Crippen LogP contribution in [-0.4, -0.2) is 28.4 Å². The topological polar surface area (TPSA) is 100 Å². The number of rotatable bonds is 7. The standard InChI is InChI=1S/C22H18N2O4S/c1-15-14-29-20(24-15)18(12-23)19(25)13-28-21(26)22(27,16-8-4-2-5-9-16)17-10-6-3-7-11-17/h2-11,14,18,27H,13H2,1H3/t18-/m0/s1. The summed E-state index contributed by atoms with van der Waals surface area (Å²) in [6.45, 7) is 1.12. The van der Waals surface area contributed by atoms with Crippen molar-refractivity contribution in [1.29, 1.82) is 5.26 Å². The number of aromatic nitrogens is 1. The first-order chi connectivity index (χ1) is 14.0. The van der Waals surface area contributed by atoms with Gasteiger partial charge in [-0.25, -0.2) is 9.78 Å². The first-order valence-electron chi connectivity index (χ1n) is 8.81. The predicted molar refractivity (Wildman–Crippen MR) is 107 cm³/mol. The van der Waals surface area contributed by atoms with Crippen LogP contribution in [0.5, 0.6) is 0 Å². The monoisotopic (exact) mass is 406 g/mol. The maximum atomic E-state index is 12.9. The maximum absolute atomic E-state index is 12.9. The molecule has 0 amide bonds. The first kappa shape index (κ1) is 20.4. The third kappa shape index (κ3) is 4.24. The Morgan fingerprint density at radius 2 is 1.69 bits per heavy atom. The molecule has 1 N–H and O–H groups in total. The zero-order valence-electron chi connectivity index (χ0n) is 15.6. The second kappa shape index (κ2) is 8.78. The van der Waals surface area contributed by atoms with Crippen molar-refractivity contribution in [2.24, 2.45) is 0 Å². The Hall–Kier alpha value is -3.34. The fourth-order valence-corrected chi connectivity index (χ4v) is 3.72. The summed E-state index contributed by atoms with van der Waals surface area (Å²) in [6.07, 6.45) is 0. The van der Waals surface area contributed by atoms with Crippen molar-refractivity contribution in [3.8, 4) is 6.07 Å². The van der Waals surface area contributed by atoms with Crippen molar-refractivity contribution in [1.82, 2.24) is 4.98 Å². The van der Waals surface area contributed by atoms with Crippen LogP contribution in [0.3, 0.4) is 0 Å². The van der Waals surface area contributed by atoms with Crippen molar-refractivity contribution in [2.45, 2.75) is 18.4 Å². The summed E-state index contributed by atoms with van der Waals surface area (Å²) >= 11 is 1.20. The molecule has 1 atom stereocenters. The van der Waals surface area contributed by atoms with E-state index in [1.54, 1.807) is 73.0 Å². The Bertz CT molecular complexity index is 1000. The largest absolute Gasteiger partial charge is 0.455 e. The van der Waals surface area contributed by atoms with E-state index in [0.29, 0.717) is 21.8 Å². The number of carbonyl (C=O) groups excluding carboxylic acids is 2. The van der Waals surface area contributed by atoms with Crippen LogP contribution in [0, 0.1) is 18.3 Å². The van der Waals surface area contributed by atoms with E-state index in [1.165, 1.54) is 11.3 Å². The lowest BCUT2D eigenvalue weighted by Crippen LogP contribution is -2.39. The van der Waals surface area contributed by atoms with Gasteiger partial charge in [0, 0.05) is 11.1 Å². The molecule has 29 heavy (non-hydrogen) atoms. The number of ketones is 1. The number of benzene rings is 2. The van der Waals surface area contributed by atoms with Crippen LogP contribution in [0.15, 0.2) is 66.0 Å². The fraction of sp³-hybridized carbons (Fsp3) is 0.182. The van der Waals surface area contributed by atoms with E-state index >= 15 is 0 Å². The van der Waals surface area contributed by atoms with Crippen LogP contribution in [0.4, 0.5) is 0 Å². The molecule has 146 valence electrons. The van der Waals surface area contributed by atoms with E-state index in [-0.39, 0.29) is 0 Å². The number of nitrogens with zero attached hydrogens (tertiary/aromatic N) is 2. The highest BCUT2D eigenvalue weighted by molar-refractivity contribution is 7.09. The maximum Gasteiger partial charge on any atom is 0.348 e. The smallest absolute Gasteiger partial charge is 0.348 e. The van der Waals surface area contributed by atoms with Crippen LogP contribution in [0.25, 0.3) is 0 Å². The van der Waals surface area contributed by atoms with Gasteiger partial charge in [-0.15, -0.1) is 11.3 Å². The summed E-state index contributed by atoms with van der Waals surface area (Å²) < 4.78 is 5.18. The first-order valence-corrected chi connectivity index (χ1v) is 9.69. The van der Waals surface area contributed by atoms with Crippen molar-refractivity contribution in [2.75, 3.05) is 6.61 Å². The lowest BCUT2D eigenvalue weighted by atomic mass is 9.86. The molecule has 0 saturated carbocycles. The predicted octanol–water partition coefficient (Wildman–Crippen LogP) is 3.11. The number of aryl methyl sites for hydroxylation is 1. The van der Waals surface area contributed by atoms with Gasteiger partial charge in [0.1, 0.15) is 5.01 Å². The number of aliphatic hydroxyl groups is 1. The van der Waals surface area contributed by atoms with Gasteiger partial charge in [-0.2, -0.15) is 5.26 Å². The molecule has 3 aromatic rings. The van der Waals surface area contributed by atoms with Gasteiger partial charge in [0.15, 0.2) is 18.3 Å². The van der Waals surface area contributed by atoms with E-state index in [9.17, 15) is 20.0 Å². The molecule has 0 radical (unpaired) electrons. The van der Waals surface area contributed by atoms with Crippen LogP contribution in [0.1, 0.15) is 27.7 Å². The summed E-state index contributed by atoms with van der Waals surface area (Å²) in [4.78, 5) is 29.5. The molecule has 0 spiro atoms. The van der Waals surface area contributed by atoms with Crippen LogP contribution >= 0.6 is 11.3 Å². The summed E-state index contributed by atoms with van der Waals surface area (Å²) in [7, 11) is 0. The van der Waals surface area contributed by atoms with Crippen LogP contribution < -0.4 is 0 Å². The lowest BCUT2D eigenvalue weighted by Gasteiger charge is -2.27. The SMILES string of the molecule is Cc1csc([C@@H](C#N)C(=O)COC(=O)C(O)(c2ccccc2)c2ccccc2)n1. The molecule has 3 rings (SSSR count). The van der Waals surface area contributed by atoms with E-state index in [0.717, 1.165) is 0 Å². The molecule has 2 aromatic carbocycles. The third-order valence-corrected chi connectivity index (χ3v) is 5.39. The Morgan fingerprint density at radius 1 is 1.14 bits per heavy atom. The van der Waals surface area contributed by atoms with E-state index < -0.39 is 29.9 Å². The Labute approximate surface area is 172 Å². The number of esters is 1. The Kier molecular flexibility index (Phi) is 6.17. The lowest BCUT2D eigenvalue weighted by molar-refractivity contribution is -0.164. The quantitative estimate of drug-likeness (QED) is 0.605. The van der Waals surface area contributed by atoms with Crippen molar-refractivity contribution >= 4 is 23.1 Å². The molecule has 1 heterocycles.